The molecule has 1 aromatic rings. The number of rotatable bonds is 10. The topological polar surface area (TPSA) is 20.2 Å². The monoisotopic (exact) mass is 290 g/mol. The second kappa shape index (κ2) is 10.8. The first-order chi connectivity index (χ1) is 9.77. The lowest BCUT2D eigenvalue weighted by molar-refractivity contribution is 0.228. The van der Waals surface area contributed by atoms with E-state index in [2.05, 4.69) is 25.6 Å². The number of hydrogen-bond acceptors (Lipinski definition) is 2. The number of unbranched alkanes of at least 4 members (excludes halogenated alkanes) is 3. The third-order valence-electron chi connectivity index (χ3n) is 3.07. The van der Waals surface area contributed by atoms with Crippen molar-refractivity contribution in [1.29, 1.82) is 0 Å². The van der Waals surface area contributed by atoms with Crippen molar-refractivity contribution in [3.63, 3.8) is 0 Å². The minimum Gasteiger partial charge on any atom is -0.389 e. The molecule has 0 spiro atoms. The molecule has 1 atom stereocenters. The Morgan fingerprint density at radius 1 is 1.25 bits per heavy atom. The quantitative estimate of drug-likeness (QED) is 0.467. The maximum absolute atomic E-state index is 9.96. The highest BCUT2D eigenvalue weighted by atomic mass is 32.2. The van der Waals surface area contributed by atoms with Crippen molar-refractivity contribution < 1.29 is 5.11 Å². The van der Waals surface area contributed by atoms with Gasteiger partial charge in [0.15, 0.2) is 0 Å². The van der Waals surface area contributed by atoms with E-state index >= 15 is 0 Å². The highest BCUT2D eigenvalue weighted by molar-refractivity contribution is 8.08. The fourth-order valence-electron chi connectivity index (χ4n) is 1.95. The Bertz CT molecular complexity index is 397. The number of benzene rings is 1. The highest BCUT2D eigenvalue weighted by Gasteiger charge is 2.05. The summed E-state index contributed by atoms with van der Waals surface area (Å²) < 4.78 is 0. The summed E-state index contributed by atoms with van der Waals surface area (Å²) in [6.45, 7) is 5.91. The molecule has 0 saturated heterocycles. The van der Waals surface area contributed by atoms with E-state index in [1.54, 1.807) is 6.08 Å². The van der Waals surface area contributed by atoms with Crippen LogP contribution in [0.25, 0.3) is 4.91 Å². The summed E-state index contributed by atoms with van der Waals surface area (Å²) in [4.78, 5) is 1.18. The van der Waals surface area contributed by atoms with Crippen LogP contribution in [0.15, 0.2) is 49.1 Å². The van der Waals surface area contributed by atoms with Crippen LogP contribution in [0.2, 0.25) is 0 Å². The van der Waals surface area contributed by atoms with Crippen molar-refractivity contribution in [1.82, 2.24) is 0 Å². The van der Waals surface area contributed by atoms with Crippen LogP contribution in [-0.2, 0) is 0 Å². The molecule has 1 N–H and O–H groups in total. The van der Waals surface area contributed by atoms with Crippen LogP contribution in [0.3, 0.4) is 0 Å². The fourth-order valence-corrected chi connectivity index (χ4v) is 3.08. The average molecular weight is 290 g/mol. The van der Waals surface area contributed by atoms with E-state index in [0.717, 1.165) is 5.75 Å². The molecule has 20 heavy (non-hydrogen) atoms. The summed E-state index contributed by atoms with van der Waals surface area (Å²) in [5, 5.41) is 9.96. The van der Waals surface area contributed by atoms with Gasteiger partial charge in [-0.25, -0.2) is 0 Å². The van der Waals surface area contributed by atoms with Gasteiger partial charge in [-0.1, -0.05) is 62.6 Å². The molecule has 1 rings (SSSR count). The number of thioether (sulfide) groups is 1. The predicted molar refractivity (Wildman–Crippen MR) is 91.8 cm³/mol. The van der Waals surface area contributed by atoms with E-state index < -0.39 is 6.10 Å². The predicted octanol–water partition coefficient (Wildman–Crippen LogP) is 5.28. The van der Waals surface area contributed by atoms with Crippen molar-refractivity contribution in [3.05, 3.63) is 54.6 Å². The van der Waals surface area contributed by atoms with Gasteiger partial charge in [0.2, 0.25) is 0 Å². The maximum Gasteiger partial charge on any atom is 0.0769 e. The van der Waals surface area contributed by atoms with Gasteiger partial charge in [-0.05, 0) is 30.2 Å². The summed E-state index contributed by atoms with van der Waals surface area (Å²) in [6, 6.07) is 10.3. The number of hydrogen-bond donors (Lipinski definition) is 1. The first-order valence-corrected chi connectivity index (χ1v) is 8.45. The van der Waals surface area contributed by atoms with Crippen molar-refractivity contribution in [3.8, 4) is 0 Å². The number of aliphatic hydroxyl groups is 1. The van der Waals surface area contributed by atoms with Crippen LogP contribution in [0, 0.1) is 0 Å². The minimum atomic E-state index is -0.439. The zero-order valence-corrected chi connectivity index (χ0v) is 13.2. The summed E-state index contributed by atoms with van der Waals surface area (Å²) in [6.07, 6.45) is 8.99. The smallest absolute Gasteiger partial charge is 0.0769 e. The van der Waals surface area contributed by atoms with E-state index in [9.17, 15) is 5.11 Å². The summed E-state index contributed by atoms with van der Waals surface area (Å²) >= 11 is 1.85. The zero-order chi connectivity index (χ0) is 14.6. The summed E-state index contributed by atoms with van der Waals surface area (Å²) in [7, 11) is 0. The van der Waals surface area contributed by atoms with Crippen LogP contribution < -0.4 is 0 Å². The molecule has 1 nitrogen and oxygen atoms in total. The van der Waals surface area contributed by atoms with Gasteiger partial charge in [-0.2, -0.15) is 0 Å². The second-order valence-electron chi connectivity index (χ2n) is 4.90. The van der Waals surface area contributed by atoms with Gasteiger partial charge >= 0.3 is 0 Å². The van der Waals surface area contributed by atoms with E-state index in [1.165, 1.54) is 36.2 Å². The molecule has 0 aliphatic carbocycles. The highest BCUT2D eigenvalue weighted by Crippen LogP contribution is 2.29. The number of aliphatic hydroxyl groups excluding tert-OH is 1. The first kappa shape index (κ1) is 17.1. The molecule has 0 amide bonds. The van der Waals surface area contributed by atoms with Gasteiger partial charge in [0, 0.05) is 4.91 Å². The lowest BCUT2D eigenvalue weighted by atomic mass is 10.1. The summed E-state index contributed by atoms with van der Waals surface area (Å²) in [5.41, 5.74) is 1.19. The lowest BCUT2D eigenvalue weighted by Gasteiger charge is -2.10. The Balaban J connectivity index is 2.63. The van der Waals surface area contributed by atoms with Crippen LogP contribution in [0.5, 0.6) is 0 Å². The Morgan fingerprint density at radius 3 is 2.65 bits per heavy atom. The molecular formula is C18H26OS. The minimum absolute atomic E-state index is 0.439. The molecular weight excluding hydrogens is 264 g/mol. The molecule has 0 heterocycles. The Morgan fingerprint density at radius 2 is 2.00 bits per heavy atom. The van der Waals surface area contributed by atoms with Gasteiger partial charge in [0.25, 0.3) is 0 Å². The zero-order valence-electron chi connectivity index (χ0n) is 12.4. The first-order valence-electron chi connectivity index (χ1n) is 7.47. The van der Waals surface area contributed by atoms with Gasteiger partial charge in [-0.15, -0.1) is 18.3 Å². The maximum atomic E-state index is 9.96. The van der Waals surface area contributed by atoms with Crippen molar-refractivity contribution in [2.24, 2.45) is 0 Å². The van der Waals surface area contributed by atoms with Crippen molar-refractivity contribution >= 4 is 16.7 Å². The average Bonchev–Trinajstić information content (AvgIpc) is 2.47. The molecule has 110 valence electrons. The largest absolute Gasteiger partial charge is 0.389 e. The van der Waals surface area contributed by atoms with E-state index in [4.69, 9.17) is 0 Å². The Hall–Kier alpha value is -0.990. The van der Waals surface area contributed by atoms with E-state index in [-0.39, 0.29) is 0 Å². The molecule has 0 fully saturated rings. The second-order valence-corrected chi connectivity index (χ2v) is 6.03. The SMILES string of the molecule is C=CCC(O)/C=C(\SCCCCCC)c1ccccc1. The van der Waals surface area contributed by atoms with Gasteiger partial charge in [0.1, 0.15) is 0 Å². The van der Waals surface area contributed by atoms with Crippen LogP contribution in [0.1, 0.15) is 44.6 Å². The molecule has 0 aliphatic rings. The molecule has 0 aliphatic heterocycles. The summed E-state index contributed by atoms with van der Waals surface area (Å²) in [5.74, 6) is 1.11. The normalized spacial score (nSPS) is 13.2. The molecule has 1 unspecified atom stereocenters. The van der Waals surface area contributed by atoms with E-state index in [0.29, 0.717) is 6.42 Å². The van der Waals surface area contributed by atoms with Gasteiger partial charge in [-0.3, -0.25) is 0 Å². The van der Waals surface area contributed by atoms with E-state index in [1.807, 2.05) is 36.0 Å². The molecule has 0 radical (unpaired) electrons. The standard InChI is InChI=1S/C18H26OS/c1-3-5-6-10-14-20-18(15-17(19)11-4-2)16-12-8-7-9-13-16/h4,7-9,12-13,15,17,19H,2-3,5-6,10-11,14H2,1H3/b18-15-. The molecule has 0 bridgehead atoms. The third kappa shape index (κ3) is 6.97. The van der Waals surface area contributed by atoms with Crippen molar-refractivity contribution in [2.45, 2.75) is 45.1 Å². The van der Waals surface area contributed by atoms with Crippen LogP contribution in [-0.4, -0.2) is 17.0 Å². The molecule has 2 heteroatoms. The molecule has 0 saturated carbocycles. The van der Waals surface area contributed by atoms with Gasteiger partial charge < -0.3 is 5.11 Å². The van der Waals surface area contributed by atoms with Crippen LogP contribution in [0.4, 0.5) is 0 Å². The van der Waals surface area contributed by atoms with Crippen LogP contribution >= 0.6 is 11.8 Å². The lowest BCUT2D eigenvalue weighted by Crippen LogP contribution is -2.01. The Labute approximate surface area is 127 Å². The third-order valence-corrected chi connectivity index (χ3v) is 4.24. The molecule has 1 aromatic carbocycles. The van der Waals surface area contributed by atoms with Crippen molar-refractivity contribution in [2.75, 3.05) is 5.75 Å². The van der Waals surface area contributed by atoms with Gasteiger partial charge in [0.05, 0.1) is 6.10 Å². The Kier molecular flexibility index (Phi) is 9.18. The molecule has 0 aromatic heterocycles. The fraction of sp³-hybridized carbons (Fsp3) is 0.444.